The van der Waals surface area contributed by atoms with Crippen LogP contribution in [0.4, 0.5) is 0 Å². The van der Waals surface area contributed by atoms with E-state index in [4.69, 9.17) is 10.8 Å². The minimum atomic E-state index is -1.11. The van der Waals surface area contributed by atoms with Gasteiger partial charge in [-0.1, -0.05) is 37.6 Å². The highest BCUT2D eigenvalue weighted by molar-refractivity contribution is 5.77. The Labute approximate surface area is 115 Å². The lowest BCUT2D eigenvalue weighted by Crippen LogP contribution is -2.46. The average Bonchev–Trinajstić information content (AvgIpc) is 2.30. The highest BCUT2D eigenvalue weighted by Crippen LogP contribution is 2.20. The topological polar surface area (TPSA) is 63.3 Å². The molecule has 3 heteroatoms. The fourth-order valence-electron chi connectivity index (χ4n) is 2.44. The van der Waals surface area contributed by atoms with Crippen LogP contribution in [0.3, 0.4) is 0 Å². The van der Waals surface area contributed by atoms with Gasteiger partial charge in [-0.15, -0.1) is 0 Å². The molecule has 0 heterocycles. The number of nitrogens with two attached hydrogens (primary N) is 1. The predicted molar refractivity (Wildman–Crippen MR) is 78.1 cm³/mol. The molecule has 3 nitrogen and oxygen atoms in total. The molecule has 1 aromatic rings. The van der Waals surface area contributed by atoms with Crippen molar-refractivity contribution in [3.05, 3.63) is 35.4 Å². The number of aliphatic carboxylic acids is 1. The third-order valence-corrected chi connectivity index (χ3v) is 3.67. The van der Waals surface area contributed by atoms with Gasteiger partial charge in [0.1, 0.15) is 5.54 Å². The molecule has 2 atom stereocenters. The molecule has 0 aliphatic rings. The maximum atomic E-state index is 11.0. The molecule has 0 bridgehead atoms. The molecule has 0 aliphatic heterocycles. The number of carbonyl (C=O) groups is 1. The molecule has 3 N–H and O–H groups in total. The zero-order valence-corrected chi connectivity index (χ0v) is 12.1. The molecular formula is C16H25NO2. The third-order valence-electron chi connectivity index (χ3n) is 3.67. The van der Waals surface area contributed by atoms with Gasteiger partial charge in [0.05, 0.1) is 0 Å². The van der Waals surface area contributed by atoms with E-state index in [1.54, 1.807) is 6.92 Å². The molecule has 1 rings (SSSR count). The van der Waals surface area contributed by atoms with Crippen molar-refractivity contribution in [3.63, 3.8) is 0 Å². The highest BCUT2D eigenvalue weighted by atomic mass is 16.4. The van der Waals surface area contributed by atoms with Crippen LogP contribution in [0.5, 0.6) is 0 Å². The number of aryl methyl sites for hydroxylation is 2. The van der Waals surface area contributed by atoms with E-state index in [1.165, 1.54) is 11.1 Å². The van der Waals surface area contributed by atoms with Crippen molar-refractivity contribution in [2.24, 2.45) is 11.7 Å². The molecule has 106 valence electrons. The van der Waals surface area contributed by atoms with Crippen LogP contribution in [0, 0.1) is 12.8 Å². The molecule has 0 aliphatic carbocycles. The first-order valence-electron chi connectivity index (χ1n) is 6.89. The summed E-state index contributed by atoms with van der Waals surface area (Å²) in [6.45, 7) is 5.79. The molecule has 1 aromatic carbocycles. The van der Waals surface area contributed by atoms with Gasteiger partial charge < -0.3 is 10.8 Å². The molecule has 0 fully saturated rings. The van der Waals surface area contributed by atoms with Gasteiger partial charge in [0.2, 0.25) is 0 Å². The summed E-state index contributed by atoms with van der Waals surface area (Å²) >= 11 is 0. The zero-order valence-electron chi connectivity index (χ0n) is 12.1. The standard InChI is InChI=1S/C16H25NO2/c1-12(11-16(3,17)15(18)19)7-6-10-14-9-5-4-8-13(14)2/h4-5,8-9,12H,6-7,10-11,17H2,1-3H3,(H,18,19). The van der Waals surface area contributed by atoms with Crippen molar-refractivity contribution in [1.82, 2.24) is 0 Å². The molecule has 0 saturated heterocycles. The van der Waals surface area contributed by atoms with E-state index in [-0.39, 0.29) is 0 Å². The van der Waals surface area contributed by atoms with Gasteiger partial charge in [-0.05, 0) is 50.2 Å². The largest absolute Gasteiger partial charge is 0.480 e. The number of benzene rings is 1. The lowest BCUT2D eigenvalue weighted by molar-refractivity contribution is -0.143. The first-order valence-corrected chi connectivity index (χ1v) is 6.89. The van der Waals surface area contributed by atoms with Crippen LogP contribution < -0.4 is 5.73 Å². The number of rotatable bonds is 7. The molecule has 19 heavy (non-hydrogen) atoms. The van der Waals surface area contributed by atoms with E-state index >= 15 is 0 Å². The summed E-state index contributed by atoms with van der Waals surface area (Å²) in [7, 11) is 0. The summed E-state index contributed by atoms with van der Waals surface area (Å²) in [5.41, 5.74) is 7.36. The Morgan fingerprint density at radius 2 is 2.05 bits per heavy atom. The summed E-state index contributed by atoms with van der Waals surface area (Å²) < 4.78 is 0. The SMILES string of the molecule is Cc1ccccc1CCCC(C)CC(C)(N)C(=O)O. The van der Waals surface area contributed by atoms with Crippen LogP contribution in [0.25, 0.3) is 0 Å². The van der Waals surface area contributed by atoms with Gasteiger partial charge in [0, 0.05) is 0 Å². The predicted octanol–water partition coefficient (Wildman–Crippen LogP) is 3.15. The molecule has 0 amide bonds. The smallest absolute Gasteiger partial charge is 0.323 e. The Balaban J connectivity index is 2.38. The Morgan fingerprint density at radius 1 is 1.42 bits per heavy atom. The van der Waals surface area contributed by atoms with Crippen LogP contribution in [-0.4, -0.2) is 16.6 Å². The second-order valence-corrected chi connectivity index (χ2v) is 5.85. The Kier molecular flexibility index (Phi) is 5.55. The van der Waals surface area contributed by atoms with Gasteiger partial charge in [0.15, 0.2) is 0 Å². The van der Waals surface area contributed by atoms with E-state index in [0.717, 1.165) is 19.3 Å². The summed E-state index contributed by atoms with van der Waals surface area (Å²) in [5.74, 6) is -0.589. The van der Waals surface area contributed by atoms with Crippen molar-refractivity contribution < 1.29 is 9.90 Å². The summed E-state index contributed by atoms with van der Waals surface area (Å²) in [6.07, 6.45) is 3.65. The quantitative estimate of drug-likeness (QED) is 0.794. The molecule has 2 unspecified atom stereocenters. The zero-order chi connectivity index (χ0) is 14.5. The fraction of sp³-hybridized carbons (Fsp3) is 0.562. The van der Waals surface area contributed by atoms with Crippen molar-refractivity contribution in [2.75, 3.05) is 0 Å². The second-order valence-electron chi connectivity index (χ2n) is 5.85. The molecule has 0 saturated carbocycles. The Morgan fingerprint density at radius 3 is 2.63 bits per heavy atom. The van der Waals surface area contributed by atoms with Gasteiger partial charge in [-0.3, -0.25) is 4.79 Å². The van der Waals surface area contributed by atoms with E-state index in [2.05, 4.69) is 32.0 Å². The van der Waals surface area contributed by atoms with Crippen LogP contribution in [0.2, 0.25) is 0 Å². The molecule has 0 radical (unpaired) electrons. The highest BCUT2D eigenvalue weighted by Gasteiger charge is 2.29. The van der Waals surface area contributed by atoms with E-state index in [0.29, 0.717) is 12.3 Å². The minimum absolute atomic E-state index is 0.329. The number of carboxylic acids is 1. The van der Waals surface area contributed by atoms with E-state index in [1.807, 2.05) is 6.07 Å². The van der Waals surface area contributed by atoms with Gasteiger partial charge >= 0.3 is 5.97 Å². The molecule has 0 spiro atoms. The van der Waals surface area contributed by atoms with Crippen LogP contribution in [0.1, 0.15) is 44.2 Å². The maximum Gasteiger partial charge on any atom is 0.323 e. The Hall–Kier alpha value is -1.35. The summed E-state index contributed by atoms with van der Waals surface area (Å²) in [5, 5.41) is 9.00. The van der Waals surface area contributed by atoms with E-state index in [9.17, 15) is 4.79 Å². The Bertz CT molecular complexity index is 427. The first kappa shape index (κ1) is 15.7. The number of carboxylic acid groups (broad SMARTS) is 1. The molecular weight excluding hydrogens is 238 g/mol. The normalized spacial score (nSPS) is 15.8. The lowest BCUT2D eigenvalue weighted by atomic mass is 9.87. The summed E-state index contributed by atoms with van der Waals surface area (Å²) in [4.78, 5) is 11.0. The van der Waals surface area contributed by atoms with Gasteiger partial charge in [-0.25, -0.2) is 0 Å². The van der Waals surface area contributed by atoms with Crippen molar-refractivity contribution in [2.45, 2.75) is 52.0 Å². The van der Waals surface area contributed by atoms with Crippen molar-refractivity contribution >= 4 is 5.97 Å². The van der Waals surface area contributed by atoms with Crippen molar-refractivity contribution in [1.29, 1.82) is 0 Å². The summed E-state index contributed by atoms with van der Waals surface area (Å²) in [6, 6.07) is 8.39. The van der Waals surface area contributed by atoms with Gasteiger partial charge in [-0.2, -0.15) is 0 Å². The minimum Gasteiger partial charge on any atom is -0.480 e. The fourth-order valence-corrected chi connectivity index (χ4v) is 2.44. The maximum absolute atomic E-state index is 11.0. The van der Waals surface area contributed by atoms with E-state index < -0.39 is 11.5 Å². The number of hydrogen-bond acceptors (Lipinski definition) is 2. The van der Waals surface area contributed by atoms with Crippen LogP contribution >= 0.6 is 0 Å². The van der Waals surface area contributed by atoms with Gasteiger partial charge in [0.25, 0.3) is 0 Å². The van der Waals surface area contributed by atoms with Crippen molar-refractivity contribution in [3.8, 4) is 0 Å². The third kappa shape index (κ3) is 5.03. The van der Waals surface area contributed by atoms with Crippen LogP contribution in [-0.2, 0) is 11.2 Å². The molecule has 0 aromatic heterocycles. The average molecular weight is 263 g/mol. The second kappa shape index (κ2) is 6.71. The van der Waals surface area contributed by atoms with Crippen LogP contribution in [0.15, 0.2) is 24.3 Å². The number of hydrogen-bond donors (Lipinski definition) is 2. The monoisotopic (exact) mass is 263 g/mol. The lowest BCUT2D eigenvalue weighted by Gasteiger charge is -2.23. The first-order chi connectivity index (χ1) is 8.83.